The molecule has 4 nitrogen and oxygen atoms in total. The van der Waals surface area contributed by atoms with Gasteiger partial charge in [0.05, 0.1) is 0 Å². The highest BCUT2D eigenvalue weighted by molar-refractivity contribution is 7.86. The second-order valence-corrected chi connectivity index (χ2v) is 5.25. The first-order valence-electron chi connectivity index (χ1n) is 5.38. The first-order valence-corrected chi connectivity index (χ1v) is 6.86. The van der Waals surface area contributed by atoms with Gasteiger partial charge in [0.15, 0.2) is 0 Å². The zero-order valence-corrected chi connectivity index (χ0v) is 10.3. The van der Waals surface area contributed by atoms with Gasteiger partial charge in [-0.25, -0.2) is 8.42 Å². The van der Waals surface area contributed by atoms with Crippen molar-refractivity contribution in [1.82, 2.24) is 0 Å². The smallest absolute Gasteiger partial charge is 0.143 e. The van der Waals surface area contributed by atoms with E-state index in [1.165, 1.54) is 0 Å². The van der Waals surface area contributed by atoms with Crippen LogP contribution in [0.15, 0.2) is 60.7 Å². The molecule has 0 radical (unpaired) electrons. The highest BCUT2D eigenvalue weighted by Crippen LogP contribution is 2.23. The summed E-state index contributed by atoms with van der Waals surface area (Å²) >= 11 is 0. The van der Waals surface area contributed by atoms with E-state index in [0.717, 1.165) is 0 Å². The number of hydrogen-bond donors (Lipinski definition) is 1. The standard InChI is InChI=1S/C13H13NO3S/c15-18(16,17)13(11-7-3-1-4-8-11)14-12-9-5-2-6-10-12/h1-10,13-14H,(H,15,16,17)/p-1. The van der Waals surface area contributed by atoms with Crippen molar-refractivity contribution in [3.8, 4) is 0 Å². The average molecular weight is 262 g/mol. The SMILES string of the molecule is O=S(=O)([O-])C(Nc1ccccc1)c1ccccc1. The molecule has 0 saturated carbocycles. The Hall–Kier alpha value is -1.85. The van der Waals surface area contributed by atoms with Crippen molar-refractivity contribution in [2.75, 3.05) is 5.32 Å². The van der Waals surface area contributed by atoms with Gasteiger partial charge in [-0.1, -0.05) is 48.5 Å². The van der Waals surface area contributed by atoms with E-state index in [-0.39, 0.29) is 0 Å². The van der Waals surface area contributed by atoms with E-state index in [1.807, 2.05) is 6.07 Å². The summed E-state index contributed by atoms with van der Waals surface area (Å²) in [6.45, 7) is 0. The predicted molar refractivity (Wildman–Crippen MR) is 68.9 cm³/mol. The minimum Gasteiger partial charge on any atom is -0.746 e. The van der Waals surface area contributed by atoms with E-state index in [2.05, 4.69) is 5.32 Å². The van der Waals surface area contributed by atoms with E-state index < -0.39 is 15.5 Å². The summed E-state index contributed by atoms with van der Waals surface area (Å²) in [5.74, 6) is 0. The molecule has 0 spiro atoms. The number of hydrogen-bond acceptors (Lipinski definition) is 4. The lowest BCUT2D eigenvalue weighted by Gasteiger charge is -2.23. The zero-order valence-electron chi connectivity index (χ0n) is 9.48. The summed E-state index contributed by atoms with van der Waals surface area (Å²) in [4.78, 5) is 0. The molecule has 5 heteroatoms. The summed E-state index contributed by atoms with van der Waals surface area (Å²) in [6.07, 6.45) is 0. The van der Waals surface area contributed by atoms with Crippen LogP contribution in [-0.4, -0.2) is 13.0 Å². The van der Waals surface area contributed by atoms with Gasteiger partial charge in [0, 0.05) is 5.69 Å². The Kier molecular flexibility index (Phi) is 3.64. The molecule has 0 heterocycles. The lowest BCUT2D eigenvalue weighted by molar-refractivity contribution is 0.454. The van der Waals surface area contributed by atoms with Crippen molar-refractivity contribution in [3.05, 3.63) is 66.2 Å². The van der Waals surface area contributed by atoms with Crippen LogP contribution < -0.4 is 5.32 Å². The zero-order chi connectivity index (χ0) is 13.0. The highest BCUT2D eigenvalue weighted by Gasteiger charge is 2.17. The molecular formula is C13H12NO3S-. The molecule has 2 rings (SSSR count). The topological polar surface area (TPSA) is 69.2 Å². The largest absolute Gasteiger partial charge is 0.746 e. The first-order chi connectivity index (χ1) is 8.57. The summed E-state index contributed by atoms with van der Waals surface area (Å²) in [7, 11) is -4.48. The van der Waals surface area contributed by atoms with Gasteiger partial charge in [-0.15, -0.1) is 0 Å². The summed E-state index contributed by atoms with van der Waals surface area (Å²) < 4.78 is 34.0. The van der Waals surface area contributed by atoms with Crippen LogP contribution in [0.5, 0.6) is 0 Å². The second-order valence-electron chi connectivity index (χ2n) is 3.79. The fourth-order valence-corrected chi connectivity index (χ4v) is 2.41. The second kappa shape index (κ2) is 5.20. The molecule has 0 amide bonds. The third-order valence-corrected chi connectivity index (χ3v) is 3.43. The number of para-hydroxylation sites is 1. The van der Waals surface area contributed by atoms with Gasteiger partial charge < -0.3 is 9.87 Å². The number of rotatable bonds is 4. The predicted octanol–water partition coefficient (Wildman–Crippen LogP) is 2.34. The summed E-state index contributed by atoms with van der Waals surface area (Å²) in [6, 6.07) is 17.1. The van der Waals surface area contributed by atoms with Crippen LogP contribution >= 0.6 is 0 Å². The van der Waals surface area contributed by atoms with E-state index in [9.17, 15) is 13.0 Å². The third kappa shape index (κ3) is 3.09. The van der Waals surface area contributed by atoms with Gasteiger partial charge in [-0.05, 0) is 17.7 Å². The molecule has 0 saturated heterocycles. The average Bonchev–Trinajstić information content (AvgIpc) is 2.37. The normalized spacial score (nSPS) is 12.9. The fraction of sp³-hybridized carbons (Fsp3) is 0.0769. The van der Waals surface area contributed by atoms with Crippen molar-refractivity contribution in [1.29, 1.82) is 0 Å². The van der Waals surface area contributed by atoms with E-state index >= 15 is 0 Å². The molecule has 2 aromatic carbocycles. The van der Waals surface area contributed by atoms with Crippen molar-refractivity contribution < 1.29 is 13.0 Å². The molecule has 0 aliphatic carbocycles. The summed E-state index contributed by atoms with van der Waals surface area (Å²) in [5.41, 5.74) is 1.02. The van der Waals surface area contributed by atoms with Crippen molar-refractivity contribution in [2.24, 2.45) is 0 Å². The lowest BCUT2D eigenvalue weighted by Crippen LogP contribution is -2.20. The number of anilines is 1. The molecule has 1 atom stereocenters. The van der Waals surface area contributed by atoms with Crippen molar-refractivity contribution in [3.63, 3.8) is 0 Å². The minimum atomic E-state index is -4.48. The molecular weight excluding hydrogens is 250 g/mol. The first kappa shape index (κ1) is 12.6. The van der Waals surface area contributed by atoms with E-state index in [4.69, 9.17) is 0 Å². The Bertz CT molecular complexity index is 597. The Morgan fingerprint density at radius 3 is 1.89 bits per heavy atom. The Morgan fingerprint density at radius 2 is 1.39 bits per heavy atom. The minimum absolute atomic E-state index is 0.427. The van der Waals surface area contributed by atoms with Gasteiger partial charge in [-0.2, -0.15) is 0 Å². The molecule has 1 N–H and O–H groups in total. The van der Waals surface area contributed by atoms with Crippen LogP contribution in [0, 0.1) is 0 Å². The van der Waals surface area contributed by atoms with Gasteiger partial charge in [-0.3, -0.25) is 0 Å². The van der Waals surface area contributed by atoms with Crippen LogP contribution in [0.3, 0.4) is 0 Å². The monoisotopic (exact) mass is 262 g/mol. The molecule has 0 aliphatic heterocycles. The summed E-state index contributed by atoms with van der Waals surface area (Å²) in [5, 5.41) is 1.46. The number of benzene rings is 2. The van der Waals surface area contributed by atoms with Crippen LogP contribution in [0.4, 0.5) is 5.69 Å². The van der Waals surface area contributed by atoms with Crippen LogP contribution in [0.2, 0.25) is 0 Å². The fourth-order valence-electron chi connectivity index (χ4n) is 1.64. The highest BCUT2D eigenvalue weighted by atomic mass is 32.2. The number of nitrogens with one attached hydrogen (secondary N) is 1. The van der Waals surface area contributed by atoms with Gasteiger partial charge in [0.2, 0.25) is 0 Å². The van der Waals surface area contributed by atoms with Crippen molar-refractivity contribution >= 4 is 15.8 Å². The quantitative estimate of drug-likeness (QED) is 0.859. The molecule has 18 heavy (non-hydrogen) atoms. The Labute approximate surface area is 106 Å². The third-order valence-electron chi connectivity index (χ3n) is 2.46. The Balaban J connectivity index is 2.34. The van der Waals surface area contributed by atoms with Crippen LogP contribution in [0.1, 0.15) is 10.9 Å². The van der Waals surface area contributed by atoms with Gasteiger partial charge in [0.1, 0.15) is 15.5 Å². The lowest BCUT2D eigenvalue weighted by atomic mass is 10.2. The van der Waals surface area contributed by atoms with Crippen LogP contribution in [-0.2, 0) is 10.1 Å². The Morgan fingerprint density at radius 1 is 0.889 bits per heavy atom. The van der Waals surface area contributed by atoms with Gasteiger partial charge in [0.25, 0.3) is 0 Å². The molecule has 0 aliphatic rings. The maximum atomic E-state index is 11.3. The molecule has 0 fully saturated rings. The molecule has 2 aromatic rings. The molecule has 0 aromatic heterocycles. The maximum absolute atomic E-state index is 11.3. The molecule has 94 valence electrons. The van der Waals surface area contributed by atoms with E-state index in [1.54, 1.807) is 54.6 Å². The molecule has 1 unspecified atom stereocenters. The van der Waals surface area contributed by atoms with Crippen molar-refractivity contribution in [2.45, 2.75) is 5.37 Å². The van der Waals surface area contributed by atoms with Gasteiger partial charge >= 0.3 is 0 Å². The molecule has 0 bridgehead atoms. The van der Waals surface area contributed by atoms with Crippen LogP contribution in [0.25, 0.3) is 0 Å². The maximum Gasteiger partial charge on any atom is 0.143 e. The van der Waals surface area contributed by atoms with E-state index in [0.29, 0.717) is 11.3 Å².